The summed E-state index contributed by atoms with van der Waals surface area (Å²) >= 11 is 0. The van der Waals surface area contributed by atoms with E-state index in [1.807, 2.05) is 13.8 Å². The van der Waals surface area contributed by atoms with Crippen molar-refractivity contribution in [3.8, 4) is 0 Å². The molecule has 0 aliphatic carbocycles. The second-order valence-electron chi connectivity index (χ2n) is 2.17. The molecular formula is C10H15FN2. The third-order valence-electron chi connectivity index (χ3n) is 1.26. The summed E-state index contributed by atoms with van der Waals surface area (Å²) in [6.07, 6.45) is 4.60. The summed E-state index contributed by atoms with van der Waals surface area (Å²) in [5.74, 6) is -0.252. The van der Waals surface area contributed by atoms with Crippen LogP contribution in [0, 0.1) is 0 Å². The third-order valence-corrected chi connectivity index (χ3v) is 1.26. The highest BCUT2D eigenvalue weighted by Gasteiger charge is 1.97. The highest BCUT2D eigenvalue weighted by molar-refractivity contribution is 5.61. The normalized spacial score (nSPS) is 10.3. The Hall–Kier alpha value is -1.38. The van der Waals surface area contributed by atoms with Crippen LogP contribution in [0.2, 0.25) is 0 Å². The topological polar surface area (TPSA) is 28.7 Å². The lowest BCUT2D eigenvalue weighted by molar-refractivity contribution is 0.648. The van der Waals surface area contributed by atoms with E-state index in [1.54, 1.807) is 12.3 Å². The molecule has 0 amide bonds. The van der Waals surface area contributed by atoms with Crippen molar-refractivity contribution in [1.82, 2.24) is 10.2 Å². The molecule has 0 unspecified atom stereocenters. The Kier molecular flexibility index (Phi) is 5.52. The van der Waals surface area contributed by atoms with Crippen LogP contribution < -0.4 is 0 Å². The van der Waals surface area contributed by atoms with Crippen LogP contribution in [-0.4, -0.2) is 10.2 Å². The maximum absolute atomic E-state index is 12.4. The molecule has 1 heterocycles. The van der Waals surface area contributed by atoms with Gasteiger partial charge in [0.25, 0.3) is 0 Å². The number of halogens is 1. The number of allylic oxidation sites excluding steroid dienone is 1. The van der Waals surface area contributed by atoms with Crippen LogP contribution in [0.1, 0.15) is 32.0 Å². The predicted molar refractivity (Wildman–Crippen MR) is 54.8 cm³/mol. The van der Waals surface area contributed by atoms with E-state index in [9.17, 15) is 4.39 Å². The predicted octanol–water partition coefficient (Wildman–Crippen LogP) is 3.41. The second kappa shape index (κ2) is 6.17. The molecule has 0 aliphatic heterocycles. The third kappa shape index (κ3) is 3.69. The van der Waals surface area contributed by atoms with E-state index < -0.39 is 0 Å². The fourth-order valence-corrected chi connectivity index (χ4v) is 0.783. The highest BCUT2D eigenvalue weighted by Crippen LogP contribution is 2.10. The number of H-pyrrole nitrogens is 1. The van der Waals surface area contributed by atoms with Gasteiger partial charge in [0.2, 0.25) is 0 Å². The van der Waals surface area contributed by atoms with Gasteiger partial charge in [-0.1, -0.05) is 26.5 Å². The van der Waals surface area contributed by atoms with Crippen LogP contribution in [0.15, 0.2) is 18.6 Å². The van der Waals surface area contributed by atoms with Gasteiger partial charge in [-0.15, -0.1) is 0 Å². The van der Waals surface area contributed by atoms with Crippen LogP contribution in [0.3, 0.4) is 0 Å². The highest BCUT2D eigenvalue weighted by atomic mass is 19.1. The quantitative estimate of drug-likeness (QED) is 0.746. The number of rotatable bonds is 2. The van der Waals surface area contributed by atoms with Gasteiger partial charge in [-0.25, -0.2) is 4.39 Å². The Balaban J connectivity index is 0.000000671. The molecule has 3 heteroatoms. The van der Waals surface area contributed by atoms with Crippen molar-refractivity contribution in [2.45, 2.75) is 20.8 Å². The Labute approximate surface area is 78.2 Å². The molecule has 0 radical (unpaired) electrons. The van der Waals surface area contributed by atoms with E-state index in [1.165, 1.54) is 13.0 Å². The number of hydrogen-bond donors (Lipinski definition) is 1. The van der Waals surface area contributed by atoms with E-state index in [0.29, 0.717) is 5.69 Å². The Morgan fingerprint density at radius 3 is 2.69 bits per heavy atom. The molecule has 13 heavy (non-hydrogen) atoms. The fourth-order valence-electron chi connectivity index (χ4n) is 0.783. The van der Waals surface area contributed by atoms with Crippen LogP contribution in [-0.2, 0) is 0 Å². The average Bonchev–Trinajstić information content (AvgIpc) is 2.54. The second-order valence-corrected chi connectivity index (χ2v) is 2.17. The molecule has 72 valence electrons. The molecule has 0 spiro atoms. The molecule has 0 bridgehead atoms. The lowest BCUT2D eigenvalue weighted by Crippen LogP contribution is -1.75. The first-order valence-corrected chi connectivity index (χ1v) is 4.23. The summed E-state index contributed by atoms with van der Waals surface area (Å²) in [6.45, 7) is 8.94. The van der Waals surface area contributed by atoms with Crippen LogP contribution >= 0.6 is 0 Å². The van der Waals surface area contributed by atoms with E-state index in [2.05, 4.69) is 16.8 Å². The summed E-state index contributed by atoms with van der Waals surface area (Å²) in [5, 5.41) is 6.39. The summed E-state index contributed by atoms with van der Waals surface area (Å²) in [5.41, 5.74) is 1.46. The summed E-state index contributed by atoms with van der Waals surface area (Å²) < 4.78 is 12.4. The van der Waals surface area contributed by atoms with Crippen LogP contribution in [0.25, 0.3) is 12.2 Å². The minimum atomic E-state index is -0.252. The summed E-state index contributed by atoms with van der Waals surface area (Å²) in [4.78, 5) is 0. The number of nitrogens with one attached hydrogen (secondary N) is 1. The molecule has 0 atom stereocenters. The van der Waals surface area contributed by atoms with Gasteiger partial charge < -0.3 is 0 Å². The van der Waals surface area contributed by atoms with Gasteiger partial charge in [0.15, 0.2) is 0 Å². The van der Waals surface area contributed by atoms with Crippen molar-refractivity contribution in [3.05, 3.63) is 29.9 Å². The molecule has 1 rings (SSSR count). The molecule has 0 saturated heterocycles. The van der Waals surface area contributed by atoms with Gasteiger partial charge in [-0.3, -0.25) is 5.10 Å². The Bertz CT molecular complexity index is 283. The first kappa shape index (κ1) is 11.6. The van der Waals surface area contributed by atoms with Gasteiger partial charge >= 0.3 is 0 Å². The van der Waals surface area contributed by atoms with Gasteiger partial charge in [0.05, 0.1) is 17.7 Å². The van der Waals surface area contributed by atoms with Gasteiger partial charge in [-0.05, 0) is 13.0 Å². The number of nitrogens with zero attached hydrogens (tertiary/aromatic N) is 1. The SMILES string of the molecule is C=Cc1cn[nH]c1/C=C(\C)F.CC. The summed E-state index contributed by atoms with van der Waals surface area (Å²) in [6, 6.07) is 0. The maximum Gasteiger partial charge on any atom is 0.0990 e. The van der Waals surface area contributed by atoms with Crippen molar-refractivity contribution >= 4 is 12.2 Å². The van der Waals surface area contributed by atoms with E-state index in [-0.39, 0.29) is 5.83 Å². The minimum absolute atomic E-state index is 0.252. The zero-order valence-corrected chi connectivity index (χ0v) is 8.26. The Morgan fingerprint density at radius 1 is 1.62 bits per heavy atom. The monoisotopic (exact) mass is 182 g/mol. The first-order valence-electron chi connectivity index (χ1n) is 4.23. The molecular weight excluding hydrogens is 167 g/mol. The van der Waals surface area contributed by atoms with Crippen LogP contribution in [0.4, 0.5) is 4.39 Å². The molecule has 1 N–H and O–H groups in total. The standard InChI is InChI=1S/C8H9FN2.C2H6/c1-3-7-5-10-11-8(7)4-6(2)9;1-2/h3-5H,1H2,2H3,(H,10,11);1-2H3/b6-4+;. The van der Waals surface area contributed by atoms with Crippen molar-refractivity contribution < 1.29 is 4.39 Å². The van der Waals surface area contributed by atoms with Crippen molar-refractivity contribution in [2.75, 3.05) is 0 Å². The zero-order valence-electron chi connectivity index (χ0n) is 8.26. The Morgan fingerprint density at radius 2 is 2.23 bits per heavy atom. The lowest BCUT2D eigenvalue weighted by Gasteiger charge is -1.88. The van der Waals surface area contributed by atoms with Crippen molar-refractivity contribution in [3.63, 3.8) is 0 Å². The van der Waals surface area contributed by atoms with Crippen LogP contribution in [0.5, 0.6) is 0 Å². The maximum atomic E-state index is 12.4. The molecule has 1 aromatic heterocycles. The smallest absolute Gasteiger partial charge is 0.0990 e. The van der Waals surface area contributed by atoms with E-state index in [0.717, 1.165) is 5.56 Å². The summed E-state index contributed by atoms with van der Waals surface area (Å²) in [7, 11) is 0. The van der Waals surface area contributed by atoms with Gasteiger partial charge in [0.1, 0.15) is 0 Å². The molecule has 0 aromatic carbocycles. The number of aromatic nitrogens is 2. The molecule has 0 aliphatic rings. The van der Waals surface area contributed by atoms with Crippen molar-refractivity contribution in [2.24, 2.45) is 0 Å². The van der Waals surface area contributed by atoms with Gasteiger partial charge in [0, 0.05) is 5.56 Å². The van der Waals surface area contributed by atoms with E-state index >= 15 is 0 Å². The van der Waals surface area contributed by atoms with Crippen molar-refractivity contribution in [1.29, 1.82) is 0 Å². The van der Waals surface area contributed by atoms with Gasteiger partial charge in [-0.2, -0.15) is 5.10 Å². The number of hydrogen-bond acceptors (Lipinski definition) is 1. The molecule has 1 aromatic rings. The van der Waals surface area contributed by atoms with E-state index in [4.69, 9.17) is 0 Å². The minimum Gasteiger partial charge on any atom is -0.278 e. The number of aromatic amines is 1. The largest absolute Gasteiger partial charge is 0.278 e. The molecule has 0 saturated carbocycles. The first-order chi connectivity index (χ1) is 6.24. The lowest BCUT2D eigenvalue weighted by atomic mass is 10.2. The molecule has 2 nitrogen and oxygen atoms in total. The zero-order chi connectivity index (χ0) is 10.3. The average molecular weight is 182 g/mol. The molecule has 0 fully saturated rings. The fraction of sp³-hybridized carbons (Fsp3) is 0.300.